The van der Waals surface area contributed by atoms with E-state index in [-0.39, 0.29) is 23.7 Å². The smallest absolute Gasteiger partial charge is 0.408 e. The van der Waals surface area contributed by atoms with Gasteiger partial charge in [0.15, 0.2) is 5.60 Å². The molecule has 0 unspecified atom stereocenters. The molecule has 12 heteroatoms. The van der Waals surface area contributed by atoms with Crippen molar-refractivity contribution >= 4 is 29.2 Å². The number of hydrogen-bond acceptors (Lipinski definition) is 10. The summed E-state index contributed by atoms with van der Waals surface area (Å²) in [4.78, 5) is 40.8. The van der Waals surface area contributed by atoms with Crippen LogP contribution in [0, 0.1) is 6.92 Å². The van der Waals surface area contributed by atoms with Crippen LogP contribution in [0.5, 0.6) is 0 Å². The third-order valence-electron chi connectivity index (χ3n) is 8.20. The van der Waals surface area contributed by atoms with E-state index in [0.29, 0.717) is 30.0 Å². The Morgan fingerprint density at radius 2 is 1.78 bits per heavy atom. The SMILES string of the molecule is Cc1csc([C@H]2CCCN2C(=O)c2cc(-c3nnc([C@@](C)(Cc4ccccc4)OC(=O)NC(C)(C)C)o3)nc(N3CCCC3)c2)n1. The van der Waals surface area contributed by atoms with Gasteiger partial charge in [0.25, 0.3) is 17.7 Å². The molecular weight excluding hydrogens is 602 g/mol. The average Bonchev–Trinajstić information content (AvgIpc) is 3.83. The van der Waals surface area contributed by atoms with Crippen molar-refractivity contribution in [3.63, 3.8) is 0 Å². The third kappa shape index (κ3) is 7.06. The van der Waals surface area contributed by atoms with E-state index in [2.05, 4.69) is 20.4 Å². The Labute approximate surface area is 273 Å². The maximum absolute atomic E-state index is 14.1. The normalized spacial score (nSPS) is 18.1. The van der Waals surface area contributed by atoms with Crippen LogP contribution in [0.25, 0.3) is 11.6 Å². The van der Waals surface area contributed by atoms with E-state index in [1.165, 1.54) is 0 Å². The van der Waals surface area contributed by atoms with Crippen LogP contribution in [0.4, 0.5) is 10.6 Å². The molecule has 3 aromatic heterocycles. The van der Waals surface area contributed by atoms with Gasteiger partial charge in [-0.2, -0.15) is 0 Å². The summed E-state index contributed by atoms with van der Waals surface area (Å²) in [7, 11) is 0. The number of nitrogens with zero attached hydrogens (tertiary/aromatic N) is 6. The average molecular weight is 644 g/mol. The molecule has 2 aliphatic heterocycles. The Morgan fingerprint density at radius 3 is 2.48 bits per heavy atom. The summed E-state index contributed by atoms with van der Waals surface area (Å²) in [6.45, 7) is 11.8. The Bertz CT molecular complexity index is 1690. The number of carbonyl (C=O) groups is 2. The lowest BCUT2D eigenvalue weighted by molar-refractivity contribution is -0.00123. The predicted octanol–water partition coefficient (Wildman–Crippen LogP) is 6.46. The topological polar surface area (TPSA) is 127 Å². The van der Waals surface area contributed by atoms with Gasteiger partial charge in [0.2, 0.25) is 0 Å². The largest absolute Gasteiger partial charge is 0.433 e. The summed E-state index contributed by atoms with van der Waals surface area (Å²) < 4.78 is 12.3. The van der Waals surface area contributed by atoms with Gasteiger partial charge in [-0.05, 0) is 78.0 Å². The summed E-state index contributed by atoms with van der Waals surface area (Å²) in [5.41, 5.74) is 1.04. The van der Waals surface area contributed by atoms with Gasteiger partial charge in [-0.3, -0.25) is 4.79 Å². The van der Waals surface area contributed by atoms with E-state index >= 15 is 0 Å². The Kier molecular flexibility index (Phi) is 8.82. The number of thiazole rings is 1. The first-order valence-corrected chi connectivity index (χ1v) is 16.7. The lowest BCUT2D eigenvalue weighted by atomic mass is 9.96. The van der Waals surface area contributed by atoms with Gasteiger partial charge in [-0.25, -0.2) is 14.8 Å². The molecule has 0 radical (unpaired) electrons. The van der Waals surface area contributed by atoms with Gasteiger partial charge in [0.1, 0.15) is 16.5 Å². The van der Waals surface area contributed by atoms with E-state index in [9.17, 15) is 9.59 Å². The predicted molar refractivity (Wildman–Crippen MR) is 176 cm³/mol. The van der Waals surface area contributed by atoms with Gasteiger partial charge in [0.05, 0.1) is 6.04 Å². The summed E-state index contributed by atoms with van der Waals surface area (Å²) in [6.07, 6.45) is 3.63. The van der Waals surface area contributed by atoms with Crippen LogP contribution in [-0.2, 0) is 16.8 Å². The number of alkyl carbamates (subject to hydrolysis) is 1. The third-order valence-corrected chi connectivity index (χ3v) is 9.26. The lowest BCUT2D eigenvalue weighted by Crippen LogP contribution is -2.45. The monoisotopic (exact) mass is 643 g/mol. The number of likely N-dealkylation sites (tertiary alicyclic amines) is 1. The minimum atomic E-state index is -1.28. The molecule has 0 aliphatic carbocycles. The number of nitrogens with one attached hydrogen (secondary N) is 1. The van der Waals surface area contributed by atoms with Crippen molar-refractivity contribution in [1.82, 2.24) is 30.4 Å². The van der Waals surface area contributed by atoms with Crippen molar-refractivity contribution in [2.45, 2.75) is 83.9 Å². The van der Waals surface area contributed by atoms with Gasteiger partial charge >= 0.3 is 6.09 Å². The number of aromatic nitrogens is 4. The van der Waals surface area contributed by atoms with Gasteiger partial charge in [-0.15, -0.1) is 21.5 Å². The minimum Gasteiger partial charge on any atom is -0.433 e. The molecular formula is C34H41N7O4S. The van der Waals surface area contributed by atoms with Gasteiger partial charge in [-0.1, -0.05) is 30.3 Å². The van der Waals surface area contributed by atoms with Crippen LogP contribution in [0.3, 0.4) is 0 Å². The second-order valence-corrected chi connectivity index (χ2v) is 14.2. The van der Waals surface area contributed by atoms with Crippen LogP contribution < -0.4 is 10.2 Å². The number of aryl methyl sites for hydroxylation is 1. The molecule has 0 bridgehead atoms. The Balaban J connectivity index is 1.35. The van der Waals surface area contributed by atoms with E-state index in [4.69, 9.17) is 19.1 Å². The molecule has 2 amide bonds. The van der Waals surface area contributed by atoms with Crippen molar-refractivity contribution in [2.24, 2.45) is 0 Å². The highest BCUT2D eigenvalue weighted by molar-refractivity contribution is 7.09. The Hall–Kier alpha value is -4.32. The number of benzene rings is 1. The molecule has 2 aliphatic rings. The number of anilines is 1. The van der Waals surface area contributed by atoms with Crippen LogP contribution in [-0.4, -0.2) is 62.2 Å². The highest BCUT2D eigenvalue weighted by Gasteiger charge is 2.39. The molecule has 2 atom stereocenters. The van der Waals surface area contributed by atoms with E-state index in [1.807, 2.05) is 74.4 Å². The summed E-state index contributed by atoms with van der Waals surface area (Å²) in [6, 6.07) is 13.2. The Morgan fingerprint density at radius 1 is 1.02 bits per heavy atom. The second kappa shape index (κ2) is 12.8. The zero-order valence-corrected chi connectivity index (χ0v) is 27.9. The van der Waals surface area contributed by atoms with Gasteiger partial charge < -0.3 is 24.3 Å². The second-order valence-electron chi connectivity index (χ2n) is 13.3. The van der Waals surface area contributed by atoms with Crippen molar-refractivity contribution in [3.05, 3.63) is 75.6 Å². The van der Waals surface area contributed by atoms with Crippen molar-refractivity contribution in [2.75, 3.05) is 24.5 Å². The summed E-state index contributed by atoms with van der Waals surface area (Å²) >= 11 is 1.60. The molecule has 2 fully saturated rings. The number of pyridine rings is 1. The first-order chi connectivity index (χ1) is 22.0. The number of amides is 2. The first-order valence-electron chi connectivity index (χ1n) is 15.9. The van der Waals surface area contributed by atoms with Crippen LogP contribution in [0.2, 0.25) is 0 Å². The zero-order valence-electron chi connectivity index (χ0n) is 27.1. The van der Waals surface area contributed by atoms with E-state index in [0.717, 1.165) is 55.0 Å². The maximum atomic E-state index is 14.1. The summed E-state index contributed by atoms with van der Waals surface area (Å²) in [5, 5.41) is 14.6. The molecule has 0 saturated carbocycles. The fraction of sp³-hybridized carbons (Fsp3) is 0.471. The molecule has 1 N–H and O–H groups in total. The summed E-state index contributed by atoms with van der Waals surface area (Å²) in [5.74, 6) is 0.912. The fourth-order valence-electron chi connectivity index (χ4n) is 6.03. The van der Waals surface area contributed by atoms with Crippen molar-refractivity contribution < 1.29 is 18.7 Å². The molecule has 11 nitrogen and oxygen atoms in total. The van der Waals surface area contributed by atoms with Crippen LogP contribution in [0.15, 0.2) is 52.3 Å². The number of ether oxygens (including phenoxy) is 1. The molecule has 5 heterocycles. The standard InChI is InChI=1S/C34H41N7O4S/c1-22-21-46-29(35-22)26-14-11-17-41(26)30(42)24-18-25(36-27(19-24)40-15-9-10-16-40)28-38-39-31(44-28)34(5,20-23-12-7-6-8-13-23)45-32(43)37-33(2,3)4/h6-8,12-13,18-19,21,26H,9-11,14-17,20H2,1-5H3,(H,37,43)/t26-,34-/m1/s1. The quantitative estimate of drug-likeness (QED) is 0.230. The molecule has 242 valence electrons. The van der Waals surface area contributed by atoms with Crippen molar-refractivity contribution in [3.8, 4) is 11.6 Å². The zero-order chi connectivity index (χ0) is 32.5. The van der Waals surface area contributed by atoms with Crippen LogP contribution in [0.1, 0.15) is 91.9 Å². The molecule has 2 saturated heterocycles. The molecule has 1 aromatic carbocycles. The molecule has 46 heavy (non-hydrogen) atoms. The van der Waals surface area contributed by atoms with Crippen LogP contribution >= 0.6 is 11.3 Å². The molecule has 6 rings (SSSR count). The number of carbonyl (C=O) groups excluding carboxylic acids is 2. The first kappa shape index (κ1) is 31.7. The highest BCUT2D eigenvalue weighted by Crippen LogP contribution is 2.37. The fourth-order valence-corrected chi connectivity index (χ4v) is 6.98. The van der Waals surface area contributed by atoms with Gasteiger partial charge in [0, 0.05) is 48.2 Å². The van der Waals surface area contributed by atoms with E-state index in [1.54, 1.807) is 24.3 Å². The molecule has 4 aromatic rings. The number of rotatable bonds is 8. The minimum absolute atomic E-state index is 0.0526. The highest BCUT2D eigenvalue weighted by atomic mass is 32.1. The van der Waals surface area contributed by atoms with Crippen molar-refractivity contribution in [1.29, 1.82) is 0 Å². The van der Waals surface area contributed by atoms with E-state index < -0.39 is 17.2 Å². The lowest BCUT2D eigenvalue weighted by Gasteiger charge is -2.29. The molecule has 0 spiro atoms. The number of hydrogen-bond donors (Lipinski definition) is 1. The maximum Gasteiger partial charge on any atom is 0.408 e.